The summed E-state index contributed by atoms with van der Waals surface area (Å²) in [6.07, 6.45) is 4.16. The van der Waals surface area contributed by atoms with Gasteiger partial charge in [0.15, 0.2) is 0 Å². The van der Waals surface area contributed by atoms with E-state index < -0.39 is 5.97 Å². The molecule has 96 valence electrons. The highest BCUT2D eigenvalue weighted by atomic mass is 16.4. The Morgan fingerprint density at radius 3 is 2.42 bits per heavy atom. The van der Waals surface area contributed by atoms with Crippen molar-refractivity contribution in [3.8, 4) is 0 Å². The van der Waals surface area contributed by atoms with Crippen LogP contribution in [0.15, 0.2) is 53.8 Å². The lowest BCUT2D eigenvalue weighted by Crippen LogP contribution is -2.01. The van der Waals surface area contributed by atoms with Crippen molar-refractivity contribution in [1.29, 1.82) is 0 Å². The van der Waals surface area contributed by atoms with Crippen molar-refractivity contribution in [2.24, 2.45) is 4.99 Å². The number of carbonyl (C=O) groups excluding carboxylic acids is 1. The summed E-state index contributed by atoms with van der Waals surface area (Å²) in [7, 11) is 0. The van der Waals surface area contributed by atoms with Gasteiger partial charge >= 0.3 is 5.97 Å². The summed E-state index contributed by atoms with van der Waals surface area (Å²) in [5.74, 6) is -1.03. The molecular formula is C13H11N3O3. The number of anilines is 1. The molecule has 0 amide bonds. The minimum Gasteiger partial charge on any atom is -0.478 e. The van der Waals surface area contributed by atoms with E-state index in [2.05, 4.69) is 9.98 Å². The Morgan fingerprint density at radius 1 is 1.26 bits per heavy atom. The molecule has 1 heterocycles. The van der Waals surface area contributed by atoms with Crippen molar-refractivity contribution in [1.82, 2.24) is 4.98 Å². The monoisotopic (exact) mass is 257 g/mol. The van der Waals surface area contributed by atoms with Crippen molar-refractivity contribution < 1.29 is 14.7 Å². The standard InChI is InChI=1S/C7H5NO.C6H6N2O2/c9-6-8-7-4-2-1-3-5-7;7-5-3-8-2-1-4(5)6(9)10/h1-5H;1-3H,7H2,(H,9,10). The Bertz CT molecular complexity index is 593. The minimum absolute atomic E-state index is 0.0926. The predicted molar refractivity (Wildman–Crippen MR) is 69.8 cm³/mol. The molecular weight excluding hydrogens is 246 g/mol. The summed E-state index contributed by atoms with van der Waals surface area (Å²) < 4.78 is 0. The number of carboxylic acids is 1. The quantitative estimate of drug-likeness (QED) is 0.632. The maximum atomic E-state index is 10.3. The number of carbonyl (C=O) groups is 1. The van der Waals surface area contributed by atoms with Gasteiger partial charge in [-0.3, -0.25) is 4.98 Å². The number of isocyanates is 1. The Kier molecular flexibility index (Phi) is 5.46. The summed E-state index contributed by atoms with van der Waals surface area (Å²) in [6, 6.07) is 10.3. The minimum atomic E-state index is -1.03. The first kappa shape index (κ1) is 14.1. The molecule has 0 aliphatic carbocycles. The molecule has 0 unspecified atom stereocenters. The fraction of sp³-hybridized carbons (Fsp3) is 0. The molecule has 0 saturated heterocycles. The van der Waals surface area contributed by atoms with E-state index in [1.807, 2.05) is 18.2 Å². The molecule has 6 heteroatoms. The number of rotatable bonds is 2. The van der Waals surface area contributed by atoms with Gasteiger partial charge in [-0.15, -0.1) is 0 Å². The van der Waals surface area contributed by atoms with Crippen LogP contribution in [0.25, 0.3) is 0 Å². The van der Waals surface area contributed by atoms with Crippen LogP contribution in [0.2, 0.25) is 0 Å². The summed E-state index contributed by atoms with van der Waals surface area (Å²) >= 11 is 0. The highest BCUT2D eigenvalue weighted by Gasteiger charge is 2.04. The van der Waals surface area contributed by atoms with Crippen LogP contribution < -0.4 is 5.73 Å². The van der Waals surface area contributed by atoms with Gasteiger partial charge in [-0.2, -0.15) is 4.99 Å². The first-order valence-electron chi connectivity index (χ1n) is 5.21. The number of aromatic carboxylic acids is 1. The average Bonchev–Trinajstić information content (AvgIpc) is 2.41. The number of hydrogen-bond acceptors (Lipinski definition) is 5. The molecule has 19 heavy (non-hydrogen) atoms. The van der Waals surface area contributed by atoms with Crippen LogP contribution in [0.1, 0.15) is 10.4 Å². The largest absolute Gasteiger partial charge is 0.478 e. The lowest BCUT2D eigenvalue weighted by Gasteiger charge is -1.95. The van der Waals surface area contributed by atoms with Gasteiger partial charge in [0.1, 0.15) is 0 Å². The summed E-state index contributed by atoms with van der Waals surface area (Å²) in [4.78, 5) is 27.0. The number of nitrogen functional groups attached to an aromatic ring is 1. The fourth-order valence-corrected chi connectivity index (χ4v) is 1.16. The third-order valence-electron chi connectivity index (χ3n) is 2.01. The van der Waals surface area contributed by atoms with Gasteiger partial charge in [-0.25, -0.2) is 9.59 Å². The van der Waals surface area contributed by atoms with Crippen LogP contribution in [0, 0.1) is 0 Å². The lowest BCUT2D eigenvalue weighted by molar-refractivity contribution is 0.0698. The number of para-hydroxylation sites is 1. The Hall–Kier alpha value is -2.98. The molecule has 0 radical (unpaired) electrons. The third-order valence-corrected chi connectivity index (χ3v) is 2.01. The van der Waals surface area contributed by atoms with Crippen molar-refractivity contribution in [2.45, 2.75) is 0 Å². The Labute approximate surface area is 109 Å². The molecule has 0 saturated carbocycles. The molecule has 6 nitrogen and oxygen atoms in total. The summed E-state index contributed by atoms with van der Waals surface area (Å²) in [5.41, 5.74) is 6.21. The number of pyridine rings is 1. The molecule has 3 N–H and O–H groups in total. The molecule has 0 aliphatic rings. The maximum absolute atomic E-state index is 10.3. The van der Waals surface area contributed by atoms with E-state index in [0.29, 0.717) is 5.69 Å². The van der Waals surface area contributed by atoms with E-state index >= 15 is 0 Å². The van der Waals surface area contributed by atoms with Crippen molar-refractivity contribution in [3.63, 3.8) is 0 Å². The molecule has 0 atom stereocenters. The number of nitrogens with two attached hydrogens (primary N) is 1. The van der Waals surface area contributed by atoms with Crippen LogP contribution in [-0.2, 0) is 4.79 Å². The van der Waals surface area contributed by atoms with Gasteiger partial charge in [-0.1, -0.05) is 18.2 Å². The third kappa shape index (κ3) is 4.80. The van der Waals surface area contributed by atoms with Gasteiger partial charge in [0.25, 0.3) is 0 Å². The molecule has 0 aliphatic heterocycles. The zero-order valence-electron chi connectivity index (χ0n) is 9.85. The average molecular weight is 257 g/mol. The molecule has 0 bridgehead atoms. The van der Waals surface area contributed by atoms with Crippen LogP contribution >= 0.6 is 0 Å². The highest BCUT2D eigenvalue weighted by molar-refractivity contribution is 5.93. The normalized spacial score (nSPS) is 8.63. The predicted octanol–water partition coefficient (Wildman–Crippen LogP) is 2.02. The van der Waals surface area contributed by atoms with Gasteiger partial charge < -0.3 is 10.8 Å². The molecule has 1 aromatic carbocycles. The topological polar surface area (TPSA) is 106 Å². The smallest absolute Gasteiger partial charge is 0.337 e. The molecule has 2 aromatic rings. The second-order valence-corrected chi connectivity index (χ2v) is 3.31. The van der Waals surface area contributed by atoms with E-state index in [-0.39, 0.29) is 11.3 Å². The van der Waals surface area contributed by atoms with E-state index in [9.17, 15) is 9.59 Å². The van der Waals surface area contributed by atoms with Gasteiger partial charge in [-0.05, 0) is 18.2 Å². The number of aliphatic imine (C=N–C) groups is 1. The number of benzene rings is 1. The SMILES string of the molecule is Nc1cnccc1C(=O)O.O=C=Nc1ccccc1. The Balaban J connectivity index is 0.000000191. The second-order valence-electron chi connectivity index (χ2n) is 3.31. The molecule has 0 spiro atoms. The zero-order chi connectivity index (χ0) is 14.1. The maximum Gasteiger partial charge on any atom is 0.337 e. The highest BCUT2D eigenvalue weighted by Crippen LogP contribution is 2.07. The summed E-state index contributed by atoms with van der Waals surface area (Å²) in [5, 5.41) is 8.46. The van der Waals surface area contributed by atoms with Crippen molar-refractivity contribution in [3.05, 3.63) is 54.4 Å². The van der Waals surface area contributed by atoms with E-state index in [1.165, 1.54) is 24.5 Å². The number of carboxylic acid groups (broad SMARTS) is 1. The van der Waals surface area contributed by atoms with Gasteiger partial charge in [0.05, 0.1) is 23.1 Å². The molecule has 2 rings (SSSR count). The lowest BCUT2D eigenvalue weighted by atomic mass is 10.2. The van der Waals surface area contributed by atoms with Crippen molar-refractivity contribution >= 4 is 23.4 Å². The van der Waals surface area contributed by atoms with E-state index in [4.69, 9.17) is 10.8 Å². The van der Waals surface area contributed by atoms with Gasteiger partial charge in [0.2, 0.25) is 6.08 Å². The van der Waals surface area contributed by atoms with Crippen LogP contribution in [0.4, 0.5) is 11.4 Å². The number of hydrogen-bond donors (Lipinski definition) is 2. The molecule has 1 aromatic heterocycles. The number of nitrogens with zero attached hydrogens (tertiary/aromatic N) is 2. The molecule has 0 fully saturated rings. The summed E-state index contributed by atoms with van der Waals surface area (Å²) in [6.45, 7) is 0. The van der Waals surface area contributed by atoms with Gasteiger partial charge in [0, 0.05) is 6.20 Å². The van der Waals surface area contributed by atoms with E-state index in [1.54, 1.807) is 12.1 Å². The first-order valence-corrected chi connectivity index (χ1v) is 5.21. The fourth-order valence-electron chi connectivity index (χ4n) is 1.16. The zero-order valence-corrected chi connectivity index (χ0v) is 9.85. The first-order chi connectivity index (χ1) is 9.15. The van der Waals surface area contributed by atoms with E-state index in [0.717, 1.165) is 0 Å². The van der Waals surface area contributed by atoms with Crippen LogP contribution in [-0.4, -0.2) is 22.1 Å². The second kappa shape index (κ2) is 7.37. The van der Waals surface area contributed by atoms with Crippen LogP contribution in [0.5, 0.6) is 0 Å². The Morgan fingerprint density at radius 2 is 1.95 bits per heavy atom. The van der Waals surface area contributed by atoms with Crippen molar-refractivity contribution in [2.75, 3.05) is 5.73 Å². The number of aromatic nitrogens is 1. The van der Waals surface area contributed by atoms with Crippen LogP contribution in [0.3, 0.4) is 0 Å².